The summed E-state index contributed by atoms with van der Waals surface area (Å²) >= 11 is 0. The van der Waals surface area contributed by atoms with E-state index in [1.54, 1.807) is 0 Å². The molecule has 23 heavy (non-hydrogen) atoms. The van der Waals surface area contributed by atoms with Crippen molar-refractivity contribution < 1.29 is 4.79 Å². The molecule has 128 valence electrons. The summed E-state index contributed by atoms with van der Waals surface area (Å²) in [6.07, 6.45) is 6.84. The highest BCUT2D eigenvalue weighted by molar-refractivity contribution is 5.78. The first-order valence-electron chi connectivity index (χ1n) is 9.17. The van der Waals surface area contributed by atoms with Crippen LogP contribution in [0.2, 0.25) is 0 Å². The molecular weight excluding hydrogens is 284 g/mol. The largest absolute Gasteiger partial charge is 0.356 e. The summed E-state index contributed by atoms with van der Waals surface area (Å²) < 4.78 is 0. The van der Waals surface area contributed by atoms with Gasteiger partial charge in [0.15, 0.2) is 0 Å². The van der Waals surface area contributed by atoms with E-state index in [9.17, 15) is 4.79 Å². The van der Waals surface area contributed by atoms with E-state index in [2.05, 4.69) is 49.2 Å². The molecule has 1 atom stereocenters. The molecule has 1 N–H and O–H groups in total. The molecule has 0 aromatic heterocycles. The van der Waals surface area contributed by atoms with Crippen LogP contribution in [0.5, 0.6) is 0 Å². The zero-order valence-electron chi connectivity index (χ0n) is 15.0. The van der Waals surface area contributed by atoms with E-state index in [-0.39, 0.29) is 5.91 Å². The number of hydrogen-bond acceptors (Lipinski definition) is 2. The minimum atomic E-state index is 0.143. The van der Waals surface area contributed by atoms with Crippen molar-refractivity contribution in [1.82, 2.24) is 10.2 Å². The van der Waals surface area contributed by atoms with Crippen LogP contribution in [0, 0.1) is 13.8 Å². The number of carbonyl (C=O) groups excluding carboxylic acids is 1. The number of likely N-dealkylation sites (tertiary alicyclic amines) is 1. The van der Waals surface area contributed by atoms with Gasteiger partial charge in [-0.3, -0.25) is 4.79 Å². The van der Waals surface area contributed by atoms with Gasteiger partial charge in [0.1, 0.15) is 0 Å². The lowest BCUT2D eigenvalue weighted by Crippen LogP contribution is -2.40. The van der Waals surface area contributed by atoms with Gasteiger partial charge in [0.2, 0.25) is 5.91 Å². The van der Waals surface area contributed by atoms with Crippen LogP contribution in [-0.4, -0.2) is 36.5 Å². The van der Waals surface area contributed by atoms with Crippen LogP contribution in [0.3, 0.4) is 0 Å². The van der Waals surface area contributed by atoms with E-state index in [0.717, 1.165) is 31.1 Å². The third kappa shape index (κ3) is 5.65. The Kier molecular flexibility index (Phi) is 7.10. The highest BCUT2D eigenvalue weighted by atomic mass is 16.1. The summed E-state index contributed by atoms with van der Waals surface area (Å²) in [4.78, 5) is 14.7. The molecule has 1 fully saturated rings. The lowest BCUT2D eigenvalue weighted by molar-refractivity contribution is -0.120. The highest BCUT2D eigenvalue weighted by Gasteiger charge is 2.19. The summed E-state index contributed by atoms with van der Waals surface area (Å²) in [6, 6.07) is 7.07. The molecule has 1 amide bonds. The van der Waals surface area contributed by atoms with Crippen molar-refractivity contribution in [2.24, 2.45) is 0 Å². The second-order valence-electron chi connectivity index (χ2n) is 6.90. The van der Waals surface area contributed by atoms with Crippen LogP contribution in [0.1, 0.15) is 55.7 Å². The minimum absolute atomic E-state index is 0.143. The molecule has 1 aliphatic rings. The minimum Gasteiger partial charge on any atom is -0.356 e. The Bertz CT molecular complexity index is 512. The summed E-state index contributed by atoms with van der Waals surface area (Å²) in [5, 5.41) is 3.08. The standard InChI is InChI=1S/C20H32N2O/c1-4-19-8-5-6-12-22(19)13-7-11-21-20(23)15-18-14-16(2)9-10-17(18)3/h9-10,14,19H,4-8,11-13,15H2,1-3H3,(H,21,23)/t19-/m0/s1. The van der Waals surface area contributed by atoms with Crippen molar-refractivity contribution in [3.8, 4) is 0 Å². The van der Waals surface area contributed by atoms with E-state index in [1.165, 1.54) is 43.4 Å². The Hall–Kier alpha value is -1.35. The molecule has 3 heteroatoms. The molecule has 0 radical (unpaired) electrons. The topological polar surface area (TPSA) is 32.3 Å². The number of hydrogen-bond donors (Lipinski definition) is 1. The SMILES string of the molecule is CC[C@H]1CCCCN1CCCNC(=O)Cc1cc(C)ccc1C. The highest BCUT2D eigenvalue weighted by Crippen LogP contribution is 2.19. The van der Waals surface area contributed by atoms with Crippen LogP contribution in [0.4, 0.5) is 0 Å². The van der Waals surface area contributed by atoms with Gasteiger partial charge in [-0.25, -0.2) is 0 Å². The molecule has 3 nitrogen and oxygen atoms in total. The molecule has 1 heterocycles. The Balaban J connectivity index is 1.69. The fourth-order valence-corrected chi connectivity index (χ4v) is 3.55. The Morgan fingerprint density at radius 3 is 2.91 bits per heavy atom. The third-order valence-corrected chi connectivity index (χ3v) is 5.02. The quantitative estimate of drug-likeness (QED) is 0.779. The van der Waals surface area contributed by atoms with Gasteiger partial charge in [-0.2, -0.15) is 0 Å². The zero-order valence-corrected chi connectivity index (χ0v) is 15.0. The van der Waals surface area contributed by atoms with Crippen molar-refractivity contribution in [3.63, 3.8) is 0 Å². The number of aryl methyl sites for hydroxylation is 2. The monoisotopic (exact) mass is 316 g/mol. The number of rotatable bonds is 7. The normalized spacial score (nSPS) is 18.8. The summed E-state index contributed by atoms with van der Waals surface area (Å²) in [7, 11) is 0. The molecule has 1 aromatic rings. The van der Waals surface area contributed by atoms with Crippen LogP contribution in [-0.2, 0) is 11.2 Å². The molecule has 1 aromatic carbocycles. The predicted octanol–water partition coefficient (Wildman–Crippen LogP) is 3.62. The lowest BCUT2D eigenvalue weighted by Gasteiger charge is -2.35. The number of benzene rings is 1. The van der Waals surface area contributed by atoms with Crippen molar-refractivity contribution in [1.29, 1.82) is 0 Å². The van der Waals surface area contributed by atoms with Crippen molar-refractivity contribution >= 4 is 5.91 Å². The second kappa shape index (κ2) is 9.07. The molecule has 0 spiro atoms. The Morgan fingerprint density at radius 1 is 1.30 bits per heavy atom. The van der Waals surface area contributed by atoms with Crippen LogP contribution < -0.4 is 5.32 Å². The number of nitrogens with one attached hydrogen (secondary N) is 1. The van der Waals surface area contributed by atoms with Crippen LogP contribution in [0.15, 0.2) is 18.2 Å². The van der Waals surface area contributed by atoms with Gasteiger partial charge in [0.25, 0.3) is 0 Å². The lowest BCUT2D eigenvalue weighted by atomic mass is 10.00. The van der Waals surface area contributed by atoms with Gasteiger partial charge in [0.05, 0.1) is 6.42 Å². The predicted molar refractivity (Wildman–Crippen MR) is 96.7 cm³/mol. The molecule has 0 saturated carbocycles. The first-order valence-corrected chi connectivity index (χ1v) is 9.17. The first kappa shape index (κ1) is 18.0. The van der Waals surface area contributed by atoms with E-state index >= 15 is 0 Å². The fraction of sp³-hybridized carbons (Fsp3) is 0.650. The van der Waals surface area contributed by atoms with Crippen LogP contribution in [0.25, 0.3) is 0 Å². The number of piperidine rings is 1. The number of amides is 1. The molecule has 0 unspecified atom stereocenters. The van der Waals surface area contributed by atoms with E-state index in [4.69, 9.17) is 0 Å². The van der Waals surface area contributed by atoms with Gasteiger partial charge < -0.3 is 10.2 Å². The van der Waals surface area contributed by atoms with Gasteiger partial charge in [-0.1, -0.05) is 37.1 Å². The molecule has 2 rings (SSSR count). The molecule has 1 aliphatic heterocycles. The van der Waals surface area contributed by atoms with E-state index in [0.29, 0.717) is 6.42 Å². The maximum absolute atomic E-state index is 12.1. The zero-order chi connectivity index (χ0) is 16.7. The number of nitrogens with zero attached hydrogens (tertiary/aromatic N) is 1. The van der Waals surface area contributed by atoms with E-state index in [1.807, 2.05) is 0 Å². The van der Waals surface area contributed by atoms with E-state index < -0.39 is 0 Å². The Labute approximate surface area is 141 Å². The summed E-state index contributed by atoms with van der Waals surface area (Å²) in [6.45, 7) is 9.57. The molecule has 0 bridgehead atoms. The Morgan fingerprint density at radius 2 is 2.13 bits per heavy atom. The van der Waals surface area contributed by atoms with Crippen molar-refractivity contribution in [2.45, 2.75) is 65.3 Å². The molecular formula is C20H32N2O. The fourth-order valence-electron chi connectivity index (χ4n) is 3.55. The van der Waals surface area contributed by atoms with Gasteiger partial charge >= 0.3 is 0 Å². The van der Waals surface area contributed by atoms with Crippen molar-refractivity contribution in [2.75, 3.05) is 19.6 Å². The maximum Gasteiger partial charge on any atom is 0.224 e. The van der Waals surface area contributed by atoms with Gasteiger partial charge in [-0.15, -0.1) is 0 Å². The first-order chi connectivity index (χ1) is 11.1. The maximum atomic E-state index is 12.1. The van der Waals surface area contributed by atoms with Gasteiger partial charge in [0, 0.05) is 19.1 Å². The average molecular weight is 316 g/mol. The summed E-state index contributed by atoms with van der Waals surface area (Å²) in [5.74, 6) is 0.143. The number of carbonyl (C=O) groups is 1. The second-order valence-corrected chi connectivity index (χ2v) is 6.90. The summed E-state index contributed by atoms with van der Waals surface area (Å²) in [5.41, 5.74) is 3.56. The third-order valence-electron chi connectivity index (χ3n) is 5.02. The van der Waals surface area contributed by atoms with Crippen molar-refractivity contribution in [3.05, 3.63) is 34.9 Å². The molecule has 0 aliphatic carbocycles. The van der Waals surface area contributed by atoms with Gasteiger partial charge in [-0.05, 0) is 57.2 Å². The van der Waals surface area contributed by atoms with Crippen LogP contribution >= 0.6 is 0 Å². The smallest absolute Gasteiger partial charge is 0.224 e. The average Bonchev–Trinajstić information content (AvgIpc) is 2.55. The molecule has 1 saturated heterocycles.